The van der Waals surface area contributed by atoms with Crippen molar-refractivity contribution in [1.82, 2.24) is 10.2 Å². The van der Waals surface area contributed by atoms with Crippen LogP contribution in [-0.4, -0.2) is 38.2 Å². The van der Waals surface area contributed by atoms with Crippen molar-refractivity contribution in [2.75, 3.05) is 27.2 Å². The maximum absolute atomic E-state index is 11.9. The Morgan fingerprint density at radius 1 is 1.33 bits per heavy atom. The van der Waals surface area contributed by atoms with Crippen molar-refractivity contribution in [3.63, 3.8) is 0 Å². The van der Waals surface area contributed by atoms with Crippen LogP contribution in [0.25, 0.3) is 0 Å². The van der Waals surface area contributed by atoms with Gasteiger partial charge in [0.1, 0.15) is 6.61 Å². The number of carbonyl (C=O) groups excluding carboxylic acids is 1. The van der Waals surface area contributed by atoms with E-state index in [9.17, 15) is 4.79 Å². The summed E-state index contributed by atoms with van der Waals surface area (Å²) in [5.74, 6) is 0.466. The fourth-order valence-corrected chi connectivity index (χ4v) is 1.97. The van der Waals surface area contributed by atoms with Gasteiger partial charge in [-0.15, -0.1) is 0 Å². The molecule has 0 fully saturated rings. The van der Waals surface area contributed by atoms with Crippen molar-refractivity contribution < 1.29 is 9.53 Å². The van der Waals surface area contributed by atoms with Crippen LogP contribution in [0.1, 0.15) is 44.7 Å². The summed E-state index contributed by atoms with van der Waals surface area (Å²) in [6.45, 7) is 9.40. The van der Waals surface area contributed by atoms with Crippen LogP contribution in [0.2, 0.25) is 0 Å². The topological polar surface area (TPSA) is 41.6 Å². The van der Waals surface area contributed by atoms with Crippen LogP contribution in [0.15, 0.2) is 24.3 Å². The fourth-order valence-electron chi connectivity index (χ4n) is 1.97. The van der Waals surface area contributed by atoms with E-state index in [2.05, 4.69) is 31.3 Å². The lowest BCUT2D eigenvalue weighted by Crippen LogP contribution is -2.42. The minimum Gasteiger partial charge on any atom is -0.448 e. The van der Waals surface area contributed by atoms with Crippen molar-refractivity contribution in [3.8, 4) is 0 Å². The molecule has 21 heavy (non-hydrogen) atoms. The second-order valence-electron chi connectivity index (χ2n) is 6.47. The van der Waals surface area contributed by atoms with Gasteiger partial charge in [0.05, 0.1) is 5.54 Å². The average Bonchev–Trinajstić information content (AvgIpc) is 2.37. The van der Waals surface area contributed by atoms with Crippen molar-refractivity contribution in [3.05, 3.63) is 35.4 Å². The molecule has 0 atom stereocenters. The summed E-state index contributed by atoms with van der Waals surface area (Å²) >= 11 is 0. The highest BCUT2D eigenvalue weighted by Crippen LogP contribution is 2.24. The molecule has 0 aliphatic carbocycles. The minimum absolute atomic E-state index is 0.378. The standard InChI is InChI=1S/C17H28N2O2/c1-13(2)14-8-7-9-15(12-14)17(3,4)18-16(20)21-11-10-19(5)6/h7-9,12-13H,10-11H2,1-6H3,(H,18,20). The monoisotopic (exact) mass is 292 g/mol. The summed E-state index contributed by atoms with van der Waals surface area (Å²) < 4.78 is 5.20. The first-order valence-corrected chi connectivity index (χ1v) is 7.42. The molecule has 0 aromatic heterocycles. The number of nitrogens with one attached hydrogen (secondary N) is 1. The third-order valence-corrected chi connectivity index (χ3v) is 3.46. The Morgan fingerprint density at radius 3 is 2.57 bits per heavy atom. The molecule has 4 nitrogen and oxygen atoms in total. The lowest BCUT2D eigenvalue weighted by molar-refractivity contribution is 0.127. The minimum atomic E-state index is -0.458. The molecule has 1 aromatic carbocycles. The molecular formula is C17H28N2O2. The molecule has 0 aliphatic heterocycles. The van der Waals surface area contributed by atoms with Crippen LogP contribution in [0, 0.1) is 0 Å². The highest BCUT2D eigenvalue weighted by molar-refractivity contribution is 5.68. The number of benzene rings is 1. The Hall–Kier alpha value is -1.55. The number of alkyl carbamates (subject to hydrolysis) is 1. The molecule has 0 saturated carbocycles. The summed E-state index contributed by atoms with van der Waals surface area (Å²) in [6, 6.07) is 8.32. The van der Waals surface area contributed by atoms with Crippen molar-refractivity contribution in [2.24, 2.45) is 0 Å². The molecule has 0 unspecified atom stereocenters. The van der Waals surface area contributed by atoms with Gasteiger partial charge >= 0.3 is 6.09 Å². The third-order valence-electron chi connectivity index (χ3n) is 3.46. The summed E-state index contributed by atoms with van der Waals surface area (Å²) in [5.41, 5.74) is 1.89. The number of nitrogens with zero attached hydrogens (tertiary/aromatic N) is 1. The van der Waals surface area contributed by atoms with Crippen LogP contribution >= 0.6 is 0 Å². The Morgan fingerprint density at radius 2 is 2.00 bits per heavy atom. The summed E-state index contributed by atoms with van der Waals surface area (Å²) in [4.78, 5) is 13.9. The largest absolute Gasteiger partial charge is 0.448 e. The molecule has 0 saturated heterocycles. The van der Waals surface area contributed by atoms with Crippen LogP contribution in [0.5, 0.6) is 0 Å². The molecule has 1 rings (SSSR count). The molecule has 1 N–H and O–H groups in total. The number of hydrogen-bond acceptors (Lipinski definition) is 3. The maximum Gasteiger partial charge on any atom is 0.407 e. The van der Waals surface area contributed by atoms with Gasteiger partial charge < -0.3 is 15.0 Å². The van der Waals surface area contributed by atoms with E-state index in [4.69, 9.17) is 4.74 Å². The molecule has 0 radical (unpaired) electrons. The van der Waals surface area contributed by atoms with E-state index in [-0.39, 0.29) is 6.09 Å². The zero-order chi connectivity index (χ0) is 16.0. The Labute approximate surface area is 128 Å². The molecule has 0 spiro atoms. The van der Waals surface area contributed by atoms with E-state index < -0.39 is 5.54 Å². The van der Waals surface area contributed by atoms with Gasteiger partial charge in [-0.25, -0.2) is 4.79 Å². The van der Waals surface area contributed by atoms with E-state index in [1.807, 2.05) is 45.0 Å². The zero-order valence-electron chi connectivity index (χ0n) is 14.1. The smallest absolute Gasteiger partial charge is 0.407 e. The van der Waals surface area contributed by atoms with E-state index in [1.54, 1.807) is 0 Å². The summed E-state index contributed by atoms with van der Waals surface area (Å²) in [6.07, 6.45) is -0.378. The quantitative estimate of drug-likeness (QED) is 0.874. The van der Waals surface area contributed by atoms with E-state index >= 15 is 0 Å². The average molecular weight is 292 g/mol. The molecule has 0 heterocycles. The second kappa shape index (κ2) is 7.46. The number of ether oxygens (including phenoxy) is 1. The lowest BCUT2D eigenvalue weighted by Gasteiger charge is -2.27. The number of rotatable bonds is 6. The van der Waals surface area contributed by atoms with Gasteiger partial charge in [0, 0.05) is 6.54 Å². The van der Waals surface area contributed by atoms with Crippen LogP contribution in [-0.2, 0) is 10.3 Å². The molecule has 118 valence electrons. The molecule has 1 aromatic rings. The predicted octanol–water partition coefficient (Wildman–Crippen LogP) is 3.33. The van der Waals surface area contributed by atoms with Gasteiger partial charge in [-0.2, -0.15) is 0 Å². The van der Waals surface area contributed by atoms with Gasteiger partial charge in [0.25, 0.3) is 0 Å². The van der Waals surface area contributed by atoms with Gasteiger partial charge in [-0.1, -0.05) is 38.1 Å². The number of amides is 1. The van der Waals surface area contributed by atoms with E-state index in [0.29, 0.717) is 12.5 Å². The molecule has 1 amide bonds. The van der Waals surface area contributed by atoms with Crippen molar-refractivity contribution in [2.45, 2.75) is 39.2 Å². The normalized spacial score (nSPS) is 11.8. The molecule has 0 aliphatic rings. The SMILES string of the molecule is CC(C)c1cccc(C(C)(C)NC(=O)OCCN(C)C)c1. The van der Waals surface area contributed by atoms with Crippen molar-refractivity contribution in [1.29, 1.82) is 0 Å². The Kier molecular flexibility index (Phi) is 6.21. The maximum atomic E-state index is 11.9. The third kappa shape index (κ3) is 5.76. The van der Waals surface area contributed by atoms with Gasteiger partial charge in [0.2, 0.25) is 0 Å². The first-order valence-electron chi connectivity index (χ1n) is 7.42. The molecular weight excluding hydrogens is 264 g/mol. The van der Waals surface area contributed by atoms with Gasteiger partial charge in [-0.3, -0.25) is 0 Å². The summed E-state index contributed by atoms with van der Waals surface area (Å²) in [7, 11) is 3.89. The number of carbonyl (C=O) groups is 1. The van der Waals surface area contributed by atoms with Crippen LogP contribution in [0.3, 0.4) is 0 Å². The fraction of sp³-hybridized carbons (Fsp3) is 0.588. The zero-order valence-corrected chi connectivity index (χ0v) is 14.1. The highest BCUT2D eigenvalue weighted by Gasteiger charge is 2.24. The Bertz CT molecular complexity index is 468. The number of hydrogen-bond donors (Lipinski definition) is 1. The van der Waals surface area contributed by atoms with Crippen LogP contribution in [0.4, 0.5) is 4.79 Å². The molecule has 4 heteroatoms. The number of likely N-dealkylation sites (N-methyl/N-ethyl adjacent to an activating group) is 1. The second-order valence-corrected chi connectivity index (χ2v) is 6.47. The first-order chi connectivity index (χ1) is 9.72. The lowest BCUT2D eigenvalue weighted by atomic mass is 9.90. The predicted molar refractivity (Wildman–Crippen MR) is 86.6 cm³/mol. The van der Waals surface area contributed by atoms with E-state index in [0.717, 1.165) is 12.1 Å². The van der Waals surface area contributed by atoms with E-state index in [1.165, 1.54) is 5.56 Å². The van der Waals surface area contributed by atoms with Crippen molar-refractivity contribution >= 4 is 6.09 Å². The van der Waals surface area contributed by atoms with Crippen LogP contribution < -0.4 is 5.32 Å². The Balaban J connectivity index is 2.67. The van der Waals surface area contributed by atoms with Gasteiger partial charge in [-0.05, 0) is 45.0 Å². The first kappa shape index (κ1) is 17.5. The summed E-state index contributed by atoms with van der Waals surface area (Å²) in [5, 5.41) is 2.93. The highest BCUT2D eigenvalue weighted by atomic mass is 16.5. The van der Waals surface area contributed by atoms with Gasteiger partial charge in [0.15, 0.2) is 0 Å². The molecule has 0 bridgehead atoms.